The summed E-state index contributed by atoms with van der Waals surface area (Å²) in [6, 6.07) is 8.42. The number of benzene rings is 1. The van der Waals surface area contributed by atoms with Crippen molar-refractivity contribution in [1.29, 1.82) is 0 Å². The molecule has 6 heteroatoms. The monoisotopic (exact) mass is 267 g/mol. The molecule has 1 aromatic rings. The maximum atomic E-state index is 11.6. The van der Waals surface area contributed by atoms with Gasteiger partial charge in [-0.05, 0) is 12.1 Å². The van der Waals surface area contributed by atoms with Gasteiger partial charge in [0.05, 0.1) is 12.2 Å². The summed E-state index contributed by atoms with van der Waals surface area (Å²) in [5, 5.41) is 10.6. The van der Waals surface area contributed by atoms with Crippen LogP contribution in [-0.4, -0.2) is 34.4 Å². The van der Waals surface area contributed by atoms with Gasteiger partial charge in [0.2, 0.25) is 5.91 Å². The average molecular weight is 267 g/mol. The predicted octanol–water partition coefficient (Wildman–Crippen LogP) is 1.15. The number of hydrogen-bond donors (Lipinski definition) is 2. The number of imide groups is 1. The molecule has 0 aliphatic heterocycles. The van der Waals surface area contributed by atoms with Gasteiger partial charge in [-0.25, -0.2) is 0 Å². The number of nitrogens with one attached hydrogen (secondary N) is 1. The highest BCUT2D eigenvalue weighted by atomic mass is 32.2. The van der Waals surface area contributed by atoms with Crippen LogP contribution < -0.4 is 5.32 Å². The van der Waals surface area contributed by atoms with Gasteiger partial charge in [-0.3, -0.25) is 19.7 Å². The average Bonchev–Trinajstić information content (AvgIpc) is 2.35. The lowest BCUT2D eigenvalue weighted by Crippen LogP contribution is -2.31. The minimum absolute atomic E-state index is 0.00454. The first kappa shape index (κ1) is 14.2. The summed E-state index contributed by atoms with van der Waals surface area (Å²) in [6.45, 7) is 0. The highest BCUT2D eigenvalue weighted by molar-refractivity contribution is 7.99. The number of aliphatic carboxylic acids is 1. The maximum Gasteiger partial charge on any atom is 0.304 e. The second kappa shape index (κ2) is 7.50. The molecule has 0 atom stereocenters. The highest BCUT2D eigenvalue weighted by Crippen LogP contribution is 2.03. The van der Waals surface area contributed by atoms with E-state index in [4.69, 9.17) is 5.11 Å². The van der Waals surface area contributed by atoms with Crippen LogP contribution in [0.4, 0.5) is 0 Å². The van der Waals surface area contributed by atoms with Crippen molar-refractivity contribution in [2.45, 2.75) is 6.42 Å². The smallest absolute Gasteiger partial charge is 0.304 e. The lowest BCUT2D eigenvalue weighted by Gasteiger charge is -2.03. The van der Waals surface area contributed by atoms with Crippen LogP contribution in [-0.2, 0) is 9.59 Å². The Bertz CT molecular complexity index is 433. The number of hydrogen-bond acceptors (Lipinski definition) is 4. The molecular formula is C12H13NO4S. The molecule has 2 amide bonds. The van der Waals surface area contributed by atoms with Crippen LogP contribution in [0.1, 0.15) is 16.8 Å². The molecule has 18 heavy (non-hydrogen) atoms. The standard InChI is InChI=1S/C12H13NO4S/c14-10(8-18-7-6-11(15)16)13-12(17)9-4-2-1-3-5-9/h1-5H,6-8H2,(H,15,16)(H,13,14,17). The molecule has 96 valence electrons. The van der Waals surface area contributed by atoms with E-state index >= 15 is 0 Å². The number of amides is 2. The van der Waals surface area contributed by atoms with E-state index in [0.29, 0.717) is 11.3 Å². The summed E-state index contributed by atoms with van der Waals surface area (Å²) in [5.74, 6) is -1.34. The van der Waals surface area contributed by atoms with E-state index in [1.54, 1.807) is 30.3 Å². The van der Waals surface area contributed by atoms with Crippen molar-refractivity contribution in [3.8, 4) is 0 Å². The summed E-state index contributed by atoms with van der Waals surface area (Å²) in [4.78, 5) is 33.2. The van der Waals surface area contributed by atoms with Crippen molar-refractivity contribution in [2.75, 3.05) is 11.5 Å². The highest BCUT2D eigenvalue weighted by Gasteiger charge is 2.09. The predicted molar refractivity (Wildman–Crippen MR) is 68.5 cm³/mol. The number of carboxylic acid groups (broad SMARTS) is 1. The lowest BCUT2D eigenvalue weighted by molar-refractivity contribution is -0.136. The fourth-order valence-corrected chi connectivity index (χ4v) is 1.87. The molecule has 0 saturated heterocycles. The van der Waals surface area contributed by atoms with Crippen molar-refractivity contribution < 1.29 is 19.5 Å². The van der Waals surface area contributed by atoms with E-state index in [0.717, 1.165) is 0 Å². The number of carbonyl (C=O) groups excluding carboxylic acids is 2. The van der Waals surface area contributed by atoms with Gasteiger partial charge >= 0.3 is 5.97 Å². The molecule has 0 aliphatic carbocycles. The Labute approximate surface area is 109 Å². The Hall–Kier alpha value is -1.82. The van der Waals surface area contributed by atoms with Crippen LogP contribution in [0.2, 0.25) is 0 Å². The summed E-state index contributed by atoms with van der Waals surface area (Å²) >= 11 is 1.18. The normalized spacial score (nSPS) is 9.78. The molecule has 2 N–H and O–H groups in total. The van der Waals surface area contributed by atoms with Gasteiger partial charge in [-0.2, -0.15) is 11.8 Å². The van der Waals surface area contributed by atoms with Crippen molar-refractivity contribution in [2.24, 2.45) is 0 Å². The number of rotatable bonds is 6. The summed E-state index contributed by atoms with van der Waals surface area (Å²) < 4.78 is 0. The summed E-state index contributed by atoms with van der Waals surface area (Å²) in [5.41, 5.74) is 0.418. The molecular weight excluding hydrogens is 254 g/mol. The fraction of sp³-hybridized carbons (Fsp3) is 0.250. The third-order valence-electron chi connectivity index (χ3n) is 1.98. The second-order valence-electron chi connectivity index (χ2n) is 3.44. The molecule has 0 fully saturated rings. The van der Waals surface area contributed by atoms with E-state index in [-0.39, 0.29) is 12.2 Å². The molecule has 0 spiro atoms. The van der Waals surface area contributed by atoms with Crippen LogP contribution >= 0.6 is 11.8 Å². The molecule has 0 aliphatic rings. The Balaban J connectivity index is 2.28. The Morgan fingerprint density at radius 1 is 1.17 bits per heavy atom. The summed E-state index contributed by atoms with van der Waals surface area (Å²) in [7, 11) is 0. The first-order valence-corrected chi connectivity index (χ1v) is 6.44. The number of carboxylic acids is 1. The second-order valence-corrected chi connectivity index (χ2v) is 4.54. The largest absolute Gasteiger partial charge is 0.481 e. The minimum Gasteiger partial charge on any atom is -0.481 e. The van der Waals surface area contributed by atoms with Crippen LogP contribution in [0.5, 0.6) is 0 Å². The van der Waals surface area contributed by atoms with Crippen molar-refractivity contribution in [3.63, 3.8) is 0 Å². The zero-order chi connectivity index (χ0) is 13.4. The molecule has 5 nitrogen and oxygen atoms in total. The number of carbonyl (C=O) groups is 3. The molecule has 0 aromatic heterocycles. The van der Waals surface area contributed by atoms with Crippen LogP contribution in [0, 0.1) is 0 Å². The van der Waals surface area contributed by atoms with Gasteiger partial charge in [-0.15, -0.1) is 0 Å². The Kier molecular flexibility index (Phi) is 5.93. The van der Waals surface area contributed by atoms with Crippen LogP contribution in [0.25, 0.3) is 0 Å². The van der Waals surface area contributed by atoms with Crippen molar-refractivity contribution in [3.05, 3.63) is 35.9 Å². The molecule has 1 aromatic carbocycles. The zero-order valence-corrected chi connectivity index (χ0v) is 10.4. The van der Waals surface area contributed by atoms with Gasteiger partial charge in [-0.1, -0.05) is 18.2 Å². The molecule has 0 unspecified atom stereocenters. The van der Waals surface area contributed by atoms with Gasteiger partial charge < -0.3 is 5.11 Å². The number of thioether (sulfide) groups is 1. The van der Waals surface area contributed by atoms with E-state index < -0.39 is 17.8 Å². The van der Waals surface area contributed by atoms with Crippen molar-refractivity contribution in [1.82, 2.24) is 5.32 Å². The zero-order valence-electron chi connectivity index (χ0n) is 9.59. The van der Waals surface area contributed by atoms with Crippen molar-refractivity contribution >= 4 is 29.5 Å². The van der Waals surface area contributed by atoms with E-state index in [9.17, 15) is 14.4 Å². The first-order valence-electron chi connectivity index (χ1n) is 5.28. The van der Waals surface area contributed by atoms with E-state index in [1.807, 2.05) is 0 Å². The molecule has 1 rings (SSSR count). The van der Waals surface area contributed by atoms with Gasteiger partial charge in [0, 0.05) is 11.3 Å². The van der Waals surface area contributed by atoms with E-state index in [2.05, 4.69) is 5.32 Å². The minimum atomic E-state index is -0.900. The molecule has 0 heterocycles. The molecule has 0 bridgehead atoms. The summed E-state index contributed by atoms with van der Waals surface area (Å²) in [6.07, 6.45) is 0.00454. The SMILES string of the molecule is O=C(O)CCSCC(=O)NC(=O)c1ccccc1. The fourth-order valence-electron chi connectivity index (χ4n) is 1.15. The molecule has 0 saturated carbocycles. The Morgan fingerprint density at radius 3 is 2.44 bits per heavy atom. The third kappa shape index (κ3) is 5.49. The van der Waals surface area contributed by atoms with Crippen LogP contribution in [0.3, 0.4) is 0 Å². The van der Waals surface area contributed by atoms with Gasteiger partial charge in [0.25, 0.3) is 5.91 Å². The van der Waals surface area contributed by atoms with Gasteiger partial charge in [0.15, 0.2) is 0 Å². The van der Waals surface area contributed by atoms with Crippen LogP contribution in [0.15, 0.2) is 30.3 Å². The van der Waals surface area contributed by atoms with Gasteiger partial charge in [0.1, 0.15) is 0 Å². The Morgan fingerprint density at radius 2 is 1.83 bits per heavy atom. The lowest BCUT2D eigenvalue weighted by atomic mass is 10.2. The molecule has 0 radical (unpaired) electrons. The quantitative estimate of drug-likeness (QED) is 0.755. The maximum absolute atomic E-state index is 11.6. The topological polar surface area (TPSA) is 83.5 Å². The third-order valence-corrected chi connectivity index (χ3v) is 2.94. The van der Waals surface area contributed by atoms with E-state index in [1.165, 1.54) is 11.8 Å². The first-order chi connectivity index (χ1) is 8.59.